The van der Waals surface area contributed by atoms with Gasteiger partial charge in [-0.3, -0.25) is 14.6 Å². The lowest BCUT2D eigenvalue weighted by atomic mass is 9.88. The minimum Gasteiger partial charge on any atom is -0.485 e. The van der Waals surface area contributed by atoms with E-state index in [1.165, 1.54) is 19.2 Å². The molecule has 0 N–H and O–H groups in total. The van der Waals surface area contributed by atoms with Crippen molar-refractivity contribution in [3.63, 3.8) is 0 Å². The average molecular weight is 545 g/mol. The number of benzene rings is 2. The van der Waals surface area contributed by atoms with Gasteiger partial charge in [-0.1, -0.05) is 24.3 Å². The molecule has 2 aromatic carbocycles. The van der Waals surface area contributed by atoms with Crippen molar-refractivity contribution in [3.8, 4) is 23.1 Å². The first kappa shape index (κ1) is 27.2. The fourth-order valence-electron chi connectivity index (χ4n) is 4.53. The quantitative estimate of drug-likeness (QED) is 0.165. The largest absolute Gasteiger partial charge is 0.485 e. The molecule has 1 aliphatic carbocycles. The van der Waals surface area contributed by atoms with Crippen molar-refractivity contribution in [1.29, 1.82) is 0 Å². The summed E-state index contributed by atoms with van der Waals surface area (Å²) in [4.78, 5) is 35.0. The predicted octanol–water partition coefficient (Wildman–Crippen LogP) is 5.30. The predicted molar refractivity (Wildman–Crippen MR) is 145 cm³/mol. The Kier molecular flexibility index (Phi) is 8.02. The molecule has 0 bridgehead atoms. The van der Waals surface area contributed by atoms with E-state index >= 15 is 0 Å². The van der Waals surface area contributed by atoms with Crippen LogP contribution in [0.3, 0.4) is 0 Å². The van der Waals surface area contributed by atoms with Gasteiger partial charge in [0.1, 0.15) is 23.7 Å². The number of carbonyl (C=O) groups excluding carboxylic acids is 2. The van der Waals surface area contributed by atoms with E-state index in [0.29, 0.717) is 65.8 Å². The molecule has 2 aromatic heterocycles. The first-order valence-corrected chi connectivity index (χ1v) is 13.0. The fourth-order valence-corrected chi connectivity index (χ4v) is 4.53. The van der Waals surface area contributed by atoms with Crippen LogP contribution in [0.5, 0.6) is 23.1 Å². The number of aromatic nitrogens is 2. The van der Waals surface area contributed by atoms with Gasteiger partial charge >= 0.3 is 0 Å². The number of ketones is 2. The lowest BCUT2D eigenvalue weighted by molar-refractivity contribution is -0.133. The van der Waals surface area contributed by atoms with Gasteiger partial charge < -0.3 is 18.9 Å². The third-order valence-corrected chi connectivity index (χ3v) is 6.96. The molecule has 4 aromatic rings. The summed E-state index contributed by atoms with van der Waals surface area (Å²) in [5, 5.41) is 0. The van der Waals surface area contributed by atoms with Gasteiger partial charge in [0.25, 0.3) is 5.88 Å². The van der Waals surface area contributed by atoms with Crippen LogP contribution in [0, 0.1) is 11.2 Å². The molecule has 0 aliphatic heterocycles. The second-order valence-corrected chi connectivity index (χ2v) is 9.67. The number of hydrogen-bond donors (Lipinski definition) is 0. The van der Waals surface area contributed by atoms with Gasteiger partial charge in [-0.15, -0.1) is 0 Å². The van der Waals surface area contributed by atoms with E-state index in [-0.39, 0.29) is 30.2 Å². The Labute approximate surface area is 231 Å². The van der Waals surface area contributed by atoms with Crippen molar-refractivity contribution in [1.82, 2.24) is 9.97 Å². The van der Waals surface area contributed by atoms with E-state index in [4.69, 9.17) is 18.9 Å². The summed E-state index contributed by atoms with van der Waals surface area (Å²) < 4.78 is 35.4. The van der Waals surface area contributed by atoms with Gasteiger partial charge in [-0.2, -0.15) is 0 Å². The lowest BCUT2D eigenvalue weighted by Crippen LogP contribution is -2.28. The molecule has 0 radical (unpaired) electrons. The van der Waals surface area contributed by atoms with Crippen molar-refractivity contribution < 1.29 is 32.9 Å². The number of rotatable bonds is 13. The molecule has 1 saturated carbocycles. The maximum Gasteiger partial charge on any atom is 0.257 e. The van der Waals surface area contributed by atoms with Crippen molar-refractivity contribution >= 4 is 22.6 Å². The van der Waals surface area contributed by atoms with Gasteiger partial charge in [0.05, 0.1) is 24.6 Å². The Morgan fingerprint density at radius 1 is 0.875 bits per heavy atom. The van der Waals surface area contributed by atoms with E-state index in [9.17, 15) is 14.0 Å². The van der Waals surface area contributed by atoms with E-state index < -0.39 is 5.41 Å². The molecule has 5 rings (SSSR count). The molecular weight excluding hydrogens is 515 g/mol. The highest BCUT2D eigenvalue weighted by molar-refractivity contribution is 6.10. The van der Waals surface area contributed by atoms with E-state index in [0.717, 1.165) is 5.56 Å². The molecule has 2 heterocycles. The summed E-state index contributed by atoms with van der Waals surface area (Å²) in [7, 11) is 3.10. The summed E-state index contributed by atoms with van der Waals surface area (Å²) in [5.41, 5.74) is 1.64. The molecule has 9 heteroatoms. The Morgan fingerprint density at radius 2 is 1.52 bits per heavy atom. The molecule has 0 spiro atoms. The van der Waals surface area contributed by atoms with Crippen LogP contribution in [0.4, 0.5) is 4.39 Å². The maximum atomic E-state index is 13.2. The van der Waals surface area contributed by atoms with E-state index in [2.05, 4.69) is 9.97 Å². The number of fused-ring (bicyclic) bond motifs is 1. The summed E-state index contributed by atoms with van der Waals surface area (Å²) in [6, 6.07) is 16.4. The zero-order chi connectivity index (χ0) is 28.1. The van der Waals surface area contributed by atoms with Crippen molar-refractivity contribution in [2.24, 2.45) is 5.41 Å². The minimum atomic E-state index is -0.934. The van der Waals surface area contributed by atoms with Crippen LogP contribution in [0.15, 0.2) is 66.9 Å². The van der Waals surface area contributed by atoms with E-state index in [1.54, 1.807) is 49.7 Å². The summed E-state index contributed by atoms with van der Waals surface area (Å²) in [5.74, 6) is 1.24. The number of halogens is 1. The van der Waals surface area contributed by atoms with Crippen LogP contribution in [-0.4, -0.2) is 49.0 Å². The van der Waals surface area contributed by atoms with Crippen LogP contribution in [-0.2, 0) is 27.2 Å². The number of carbonyl (C=O) groups is 2. The smallest absolute Gasteiger partial charge is 0.257 e. The first-order valence-electron chi connectivity index (χ1n) is 13.0. The molecule has 40 heavy (non-hydrogen) atoms. The van der Waals surface area contributed by atoms with E-state index in [1.807, 2.05) is 12.1 Å². The highest BCUT2D eigenvalue weighted by Gasteiger charge is 2.54. The molecule has 1 fully saturated rings. The molecule has 1 aliphatic rings. The monoisotopic (exact) mass is 544 g/mol. The van der Waals surface area contributed by atoms with Crippen LogP contribution >= 0.6 is 0 Å². The minimum absolute atomic E-state index is 0.0896. The number of methoxy groups -OCH3 is 2. The average Bonchev–Trinajstić information content (AvgIpc) is 3.78. The summed E-state index contributed by atoms with van der Waals surface area (Å²) >= 11 is 0. The number of ether oxygens (including phenoxy) is 4. The molecule has 206 valence electrons. The number of pyridine rings is 2. The Bertz CT molecular complexity index is 1520. The number of nitrogens with zero attached hydrogens (tertiary/aromatic N) is 2. The Hall–Kier alpha value is -4.37. The van der Waals surface area contributed by atoms with Gasteiger partial charge in [-0.25, -0.2) is 9.37 Å². The Balaban J connectivity index is 1.26. The standard InChI is InChI=1S/C31H29FN2O6/c1-37-15-16-39-26-19-24-29(34-30(26)38-2)25(11-14-33-24)40-23-9-5-21(6-10-23)18-28(36)31(12-13-31)27(35)17-20-3-7-22(32)8-4-20/h3-11,14,19H,12-13,15-18H2,1-2H3. The SMILES string of the molecule is COCCOc1cc2nccc(Oc3ccc(CC(=O)C4(C(=O)Cc5ccc(F)cc5)CC4)cc3)c2nc1OC. The van der Waals surface area contributed by atoms with Gasteiger partial charge in [0.15, 0.2) is 23.1 Å². The fraction of sp³-hybridized carbons (Fsp3) is 0.290. The topological polar surface area (TPSA) is 96.8 Å². The second kappa shape index (κ2) is 11.8. The van der Waals surface area contributed by atoms with Crippen LogP contribution < -0.4 is 14.2 Å². The summed E-state index contributed by atoms with van der Waals surface area (Å²) in [6.45, 7) is 0.765. The zero-order valence-electron chi connectivity index (χ0n) is 22.3. The zero-order valence-corrected chi connectivity index (χ0v) is 22.3. The van der Waals surface area contributed by atoms with Crippen LogP contribution in [0.2, 0.25) is 0 Å². The highest BCUT2D eigenvalue weighted by atomic mass is 19.1. The first-order chi connectivity index (χ1) is 19.4. The second-order valence-electron chi connectivity index (χ2n) is 9.67. The van der Waals surface area contributed by atoms with Crippen molar-refractivity contribution in [2.45, 2.75) is 25.7 Å². The third kappa shape index (κ3) is 5.94. The van der Waals surface area contributed by atoms with Crippen molar-refractivity contribution in [2.75, 3.05) is 27.4 Å². The molecule has 0 atom stereocenters. The third-order valence-electron chi connectivity index (χ3n) is 6.96. The van der Waals surface area contributed by atoms with Crippen molar-refractivity contribution in [3.05, 3.63) is 83.8 Å². The number of Topliss-reactive ketones (excluding diaryl/α,β-unsaturated/α-hetero) is 2. The molecule has 0 unspecified atom stereocenters. The molecule has 8 nitrogen and oxygen atoms in total. The van der Waals surface area contributed by atoms with Gasteiger partial charge in [0, 0.05) is 38.3 Å². The Morgan fingerprint density at radius 3 is 2.12 bits per heavy atom. The molecule has 0 saturated heterocycles. The van der Waals surface area contributed by atoms with Crippen LogP contribution in [0.25, 0.3) is 11.0 Å². The molecular formula is C31H29FN2O6. The molecule has 0 amide bonds. The van der Waals surface area contributed by atoms with Gasteiger partial charge in [-0.05, 0) is 48.2 Å². The van der Waals surface area contributed by atoms with Gasteiger partial charge in [0.2, 0.25) is 0 Å². The maximum absolute atomic E-state index is 13.2. The highest BCUT2D eigenvalue weighted by Crippen LogP contribution is 2.49. The normalized spacial score (nSPS) is 13.6. The summed E-state index contributed by atoms with van der Waals surface area (Å²) in [6.07, 6.45) is 3.00. The number of hydrogen-bond acceptors (Lipinski definition) is 8. The lowest BCUT2D eigenvalue weighted by Gasteiger charge is -2.14. The van der Waals surface area contributed by atoms with Crippen LogP contribution in [0.1, 0.15) is 24.0 Å².